The van der Waals surface area contributed by atoms with Crippen LogP contribution in [-0.2, 0) is 13.2 Å². The number of nitrogens with one attached hydrogen (secondary N) is 1. The fourth-order valence-electron chi connectivity index (χ4n) is 3.45. The molecule has 0 fully saturated rings. The summed E-state index contributed by atoms with van der Waals surface area (Å²) < 4.78 is 59.2. The molecule has 4 aromatic rings. The summed E-state index contributed by atoms with van der Waals surface area (Å²) in [4.78, 5) is 28.4. The Morgan fingerprint density at radius 1 is 1.03 bits per heavy atom. The van der Waals surface area contributed by atoms with E-state index in [-0.39, 0.29) is 33.7 Å². The van der Waals surface area contributed by atoms with E-state index in [1.165, 1.54) is 25.7 Å². The van der Waals surface area contributed by atoms with Gasteiger partial charge in [0.25, 0.3) is 5.56 Å². The van der Waals surface area contributed by atoms with E-state index in [4.69, 9.17) is 14.2 Å². The smallest absolute Gasteiger partial charge is 0.333 e. The molecule has 2 aromatic carbocycles. The summed E-state index contributed by atoms with van der Waals surface area (Å²) in [6, 6.07) is 4.04. The lowest BCUT2D eigenvalue weighted by Gasteiger charge is -2.16. The number of benzene rings is 2. The molecular weight excluding hydrogens is 477 g/mol. The largest absolute Gasteiger partial charge is 0.496 e. The number of aliphatic hydroxyl groups is 1. The highest BCUT2D eigenvalue weighted by molar-refractivity contribution is 7.11. The highest BCUT2D eigenvalue weighted by Gasteiger charge is 2.21. The van der Waals surface area contributed by atoms with Gasteiger partial charge in [-0.15, -0.1) is 11.3 Å². The number of aliphatic hydroxyl groups excluding tert-OH is 1. The average Bonchev–Trinajstić information content (AvgIpc) is 3.24. The van der Waals surface area contributed by atoms with Crippen LogP contribution < -0.4 is 25.5 Å². The Hall–Kier alpha value is -3.77. The average molecular weight is 494 g/mol. The highest BCUT2D eigenvalue weighted by Crippen LogP contribution is 2.33. The minimum atomic E-state index is -1.19. The molecule has 178 valence electrons. The number of halogens is 3. The zero-order valence-electron chi connectivity index (χ0n) is 17.8. The number of H-pyrrole nitrogens is 1. The topological polar surface area (TPSA) is 103 Å². The van der Waals surface area contributed by atoms with Crippen molar-refractivity contribution in [3.63, 3.8) is 0 Å². The summed E-state index contributed by atoms with van der Waals surface area (Å²) >= 11 is 1.06. The fraction of sp³-hybridized carbons (Fsp3) is 0.182. The van der Waals surface area contributed by atoms with Crippen LogP contribution >= 0.6 is 11.3 Å². The Kier molecular flexibility index (Phi) is 6.35. The molecule has 0 aliphatic heterocycles. The zero-order valence-corrected chi connectivity index (χ0v) is 18.6. The Bertz CT molecular complexity index is 1510. The molecule has 34 heavy (non-hydrogen) atoms. The molecule has 4 rings (SSSR count). The summed E-state index contributed by atoms with van der Waals surface area (Å²) in [5, 5.41) is 11.0. The van der Waals surface area contributed by atoms with Gasteiger partial charge in [0, 0.05) is 22.4 Å². The van der Waals surface area contributed by atoms with E-state index >= 15 is 0 Å². The van der Waals surface area contributed by atoms with Crippen LogP contribution in [0.1, 0.15) is 10.4 Å². The molecule has 0 bridgehead atoms. The van der Waals surface area contributed by atoms with Crippen molar-refractivity contribution < 1.29 is 32.5 Å². The summed E-state index contributed by atoms with van der Waals surface area (Å²) in [6.07, 6.45) is 0. The lowest BCUT2D eigenvalue weighted by atomic mass is 10.2. The first kappa shape index (κ1) is 23.4. The van der Waals surface area contributed by atoms with Gasteiger partial charge in [-0.25, -0.2) is 22.5 Å². The van der Waals surface area contributed by atoms with Gasteiger partial charge < -0.3 is 24.3 Å². The molecular formula is C22H17F3N2O6S. The molecule has 8 nitrogen and oxygen atoms in total. The first-order valence-corrected chi connectivity index (χ1v) is 10.6. The second-order valence-electron chi connectivity index (χ2n) is 6.96. The fourth-order valence-corrected chi connectivity index (χ4v) is 4.28. The van der Waals surface area contributed by atoms with Crippen LogP contribution in [0.2, 0.25) is 0 Å². The maximum Gasteiger partial charge on any atom is 0.333 e. The highest BCUT2D eigenvalue weighted by atomic mass is 32.1. The van der Waals surface area contributed by atoms with E-state index in [2.05, 4.69) is 4.98 Å². The molecule has 12 heteroatoms. The van der Waals surface area contributed by atoms with Crippen molar-refractivity contribution >= 4 is 22.2 Å². The molecule has 2 N–H and O–H groups in total. The number of hydrogen-bond acceptors (Lipinski definition) is 7. The lowest BCUT2D eigenvalue weighted by Crippen LogP contribution is -2.34. The summed E-state index contributed by atoms with van der Waals surface area (Å²) in [5.41, 5.74) is -2.27. The molecule has 2 heterocycles. The van der Waals surface area contributed by atoms with Crippen LogP contribution in [0.5, 0.6) is 17.2 Å². The van der Waals surface area contributed by atoms with Gasteiger partial charge in [0.1, 0.15) is 12.4 Å². The molecule has 0 unspecified atom stereocenters. The SMILES string of the molecule is COc1cc(F)c(-n2c(=O)[nH]c3csc(CO)c3c2=O)cc1OCc1c(OC)ccc(F)c1F. The van der Waals surface area contributed by atoms with Gasteiger partial charge in [-0.05, 0) is 12.1 Å². The molecule has 0 spiro atoms. The Morgan fingerprint density at radius 2 is 1.76 bits per heavy atom. The summed E-state index contributed by atoms with van der Waals surface area (Å²) in [7, 11) is 2.50. The normalized spacial score (nSPS) is 11.1. The van der Waals surface area contributed by atoms with Crippen LogP contribution in [0, 0.1) is 17.5 Å². The molecule has 0 aliphatic rings. The number of hydrogen-bond donors (Lipinski definition) is 2. The molecule has 0 saturated carbocycles. The van der Waals surface area contributed by atoms with E-state index in [1.54, 1.807) is 0 Å². The molecule has 0 radical (unpaired) electrons. The zero-order chi connectivity index (χ0) is 24.6. The predicted molar refractivity (Wildman–Crippen MR) is 118 cm³/mol. The summed E-state index contributed by atoms with van der Waals surface area (Å²) in [6.45, 7) is -0.979. The van der Waals surface area contributed by atoms with Gasteiger partial charge in [0.2, 0.25) is 0 Å². The predicted octanol–water partition coefficient (Wildman–Crippen LogP) is 3.25. The number of aromatic nitrogens is 2. The second kappa shape index (κ2) is 9.23. The number of nitrogens with zero attached hydrogens (tertiary/aromatic N) is 1. The third-order valence-corrected chi connectivity index (χ3v) is 6.06. The number of ether oxygens (including phenoxy) is 3. The number of aromatic amines is 1. The Morgan fingerprint density at radius 3 is 2.44 bits per heavy atom. The van der Waals surface area contributed by atoms with Gasteiger partial charge in [0.05, 0.1) is 43.0 Å². The third kappa shape index (κ3) is 3.90. The van der Waals surface area contributed by atoms with Crippen molar-refractivity contribution in [1.82, 2.24) is 9.55 Å². The van der Waals surface area contributed by atoms with E-state index in [9.17, 15) is 27.9 Å². The van der Waals surface area contributed by atoms with Crippen molar-refractivity contribution in [2.75, 3.05) is 14.2 Å². The molecule has 0 aliphatic carbocycles. The van der Waals surface area contributed by atoms with Crippen molar-refractivity contribution in [2.45, 2.75) is 13.2 Å². The quantitative estimate of drug-likeness (QED) is 0.409. The van der Waals surface area contributed by atoms with Crippen molar-refractivity contribution in [2.24, 2.45) is 0 Å². The first-order chi connectivity index (χ1) is 16.3. The van der Waals surface area contributed by atoms with Gasteiger partial charge in [-0.2, -0.15) is 0 Å². The third-order valence-electron chi connectivity index (χ3n) is 5.09. The lowest BCUT2D eigenvalue weighted by molar-refractivity contribution is 0.269. The second-order valence-corrected chi connectivity index (χ2v) is 7.93. The molecule has 0 amide bonds. The monoisotopic (exact) mass is 494 g/mol. The van der Waals surface area contributed by atoms with Gasteiger partial charge in [-0.1, -0.05) is 0 Å². The van der Waals surface area contributed by atoms with Crippen molar-refractivity contribution in [3.05, 3.63) is 78.4 Å². The van der Waals surface area contributed by atoms with Crippen molar-refractivity contribution in [1.29, 1.82) is 0 Å². The van der Waals surface area contributed by atoms with Crippen LogP contribution in [0.25, 0.3) is 16.6 Å². The van der Waals surface area contributed by atoms with Gasteiger partial charge >= 0.3 is 5.69 Å². The minimum Gasteiger partial charge on any atom is -0.496 e. The van der Waals surface area contributed by atoms with E-state index in [0.29, 0.717) is 9.44 Å². The maximum atomic E-state index is 14.9. The first-order valence-electron chi connectivity index (χ1n) is 9.68. The van der Waals surface area contributed by atoms with E-state index in [1.807, 2.05) is 0 Å². The van der Waals surface area contributed by atoms with Crippen LogP contribution in [-0.4, -0.2) is 28.9 Å². The number of fused-ring (bicyclic) bond motifs is 1. The van der Waals surface area contributed by atoms with Crippen LogP contribution in [0.3, 0.4) is 0 Å². The van der Waals surface area contributed by atoms with E-state index in [0.717, 1.165) is 29.5 Å². The van der Waals surface area contributed by atoms with Gasteiger partial charge in [0.15, 0.2) is 29.0 Å². The minimum absolute atomic E-state index is 0.0207. The molecule has 0 atom stereocenters. The Balaban J connectivity index is 1.84. The standard InChI is InChI=1S/C22H17F3N2O6S/c1-31-15-4-3-11(23)20(25)10(15)8-33-17-6-14(12(24)5-16(17)32-2)27-21(29)19-13(26-22(27)30)9-34-18(19)7-28/h3-6,9,28H,7-8H2,1-2H3,(H,26,30). The molecule has 0 saturated heterocycles. The van der Waals surface area contributed by atoms with Crippen LogP contribution in [0.15, 0.2) is 39.2 Å². The maximum absolute atomic E-state index is 14.9. The summed E-state index contributed by atoms with van der Waals surface area (Å²) in [5.74, 6) is -3.53. The van der Waals surface area contributed by atoms with Crippen LogP contribution in [0.4, 0.5) is 13.2 Å². The van der Waals surface area contributed by atoms with Crippen molar-refractivity contribution in [3.8, 4) is 22.9 Å². The van der Waals surface area contributed by atoms with E-state index < -0.39 is 47.6 Å². The number of methoxy groups -OCH3 is 2. The van der Waals surface area contributed by atoms with Gasteiger partial charge in [-0.3, -0.25) is 4.79 Å². The molecule has 2 aromatic heterocycles. The number of rotatable bonds is 7. The Labute approximate surface area is 193 Å². The number of thiophene rings is 1.